The van der Waals surface area contributed by atoms with Gasteiger partial charge in [-0.3, -0.25) is 4.98 Å². The van der Waals surface area contributed by atoms with E-state index < -0.39 is 11.9 Å². The van der Waals surface area contributed by atoms with E-state index >= 15 is 0 Å². The quantitative estimate of drug-likeness (QED) is 0.695. The van der Waals surface area contributed by atoms with Crippen molar-refractivity contribution in [1.82, 2.24) is 4.98 Å². The minimum Gasteiger partial charge on any atom is -0.250 e. The lowest BCUT2D eigenvalue weighted by molar-refractivity contribution is -0.141. The first-order chi connectivity index (χ1) is 5.41. The average molecular weight is 260 g/mol. The van der Waals surface area contributed by atoms with Gasteiger partial charge in [-0.05, 0) is 22.0 Å². The molecule has 0 fully saturated rings. The topological polar surface area (TPSA) is 12.9 Å². The molecule has 0 unspecified atom stereocenters. The highest BCUT2D eigenvalue weighted by atomic mass is 79.9. The van der Waals surface area contributed by atoms with Gasteiger partial charge in [0, 0.05) is 10.7 Å². The molecule has 1 rings (SSSR count). The van der Waals surface area contributed by atoms with Gasteiger partial charge in [-0.2, -0.15) is 13.2 Å². The van der Waals surface area contributed by atoms with Crippen molar-refractivity contribution in [3.05, 3.63) is 27.5 Å². The monoisotopic (exact) mass is 259 g/mol. The molecule has 0 aliphatic rings. The summed E-state index contributed by atoms with van der Waals surface area (Å²) in [6.07, 6.45) is -3.47. The van der Waals surface area contributed by atoms with E-state index in [2.05, 4.69) is 20.9 Å². The molecule has 0 N–H and O–H groups in total. The van der Waals surface area contributed by atoms with Crippen molar-refractivity contribution in [2.75, 3.05) is 0 Å². The molecule has 6 heteroatoms. The lowest BCUT2D eigenvalue weighted by Crippen LogP contribution is -2.07. The molecular formula is C6H2BrClF3N. The fraction of sp³-hybridized carbons (Fsp3) is 0.167. The van der Waals surface area contributed by atoms with Crippen LogP contribution in [0.1, 0.15) is 5.69 Å². The van der Waals surface area contributed by atoms with E-state index in [0.717, 1.165) is 12.3 Å². The van der Waals surface area contributed by atoms with Crippen molar-refractivity contribution < 1.29 is 13.2 Å². The van der Waals surface area contributed by atoms with Gasteiger partial charge in [-0.1, -0.05) is 11.6 Å². The zero-order valence-electron chi connectivity index (χ0n) is 5.49. The highest BCUT2D eigenvalue weighted by molar-refractivity contribution is 9.10. The first kappa shape index (κ1) is 9.80. The summed E-state index contributed by atoms with van der Waals surface area (Å²) in [5.41, 5.74) is -0.959. The van der Waals surface area contributed by atoms with Gasteiger partial charge >= 0.3 is 6.18 Å². The van der Waals surface area contributed by atoms with E-state index in [4.69, 9.17) is 11.6 Å². The molecule has 0 atom stereocenters. The van der Waals surface area contributed by atoms with Crippen LogP contribution >= 0.6 is 27.5 Å². The summed E-state index contributed by atoms with van der Waals surface area (Å²) >= 11 is 8.32. The molecule has 0 bridgehead atoms. The third-order valence-electron chi connectivity index (χ3n) is 1.10. The fourth-order valence-corrected chi connectivity index (χ4v) is 0.992. The molecule has 0 radical (unpaired) electrons. The first-order valence-electron chi connectivity index (χ1n) is 2.79. The number of pyridine rings is 1. The molecule has 0 saturated carbocycles. The summed E-state index contributed by atoms with van der Waals surface area (Å²) in [6.45, 7) is 0. The molecule has 0 spiro atoms. The van der Waals surface area contributed by atoms with Crippen LogP contribution in [0.4, 0.5) is 13.2 Å². The lowest BCUT2D eigenvalue weighted by Gasteiger charge is -2.05. The van der Waals surface area contributed by atoms with Gasteiger partial charge in [-0.15, -0.1) is 0 Å². The number of nitrogens with zero attached hydrogens (tertiary/aromatic N) is 1. The Morgan fingerprint density at radius 2 is 2.00 bits per heavy atom. The predicted octanol–water partition coefficient (Wildman–Crippen LogP) is 3.52. The number of rotatable bonds is 0. The second-order valence-electron chi connectivity index (χ2n) is 1.98. The Labute approximate surface area is 79.7 Å². The summed E-state index contributed by atoms with van der Waals surface area (Å²) in [7, 11) is 0. The number of hydrogen-bond acceptors (Lipinski definition) is 1. The van der Waals surface area contributed by atoms with E-state index in [1.807, 2.05) is 0 Å². The van der Waals surface area contributed by atoms with Crippen LogP contribution < -0.4 is 0 Å². The summed E-state index contributed by atoms with van der Waals surface area (Å²) in [6, 6.07) is 0.836. The Morgan fingerprint density at radius 3 is 2.42 bits per heavy atom. The van der Waals surface area contributed by atoms with Crippen LogP contribution in [0.15, 0.2) is 16.7 Å². The molecule has 1 heterocycles. The zero-order chi connectivity index (χ0) is 9.35. The van der Waals surface area contributed by atoms with Gasteiger partial charge in [0.25, 0.3) is 0 Å². The van der Waals surface area contributed by atoms with Crippen molar-refractivity contribution >= 4 is 27.5 Å². The van der Waals surface area contributed by atoms with Crippen molar-refractivity contribution in [1.29, 1.82) is 0 Å². The van der Waals surface area contributed by atoms with E-state index in [0.29, 0.717) is 0 Å². The third-order valence-corrected chi connectivity index (χ3v) is 2.28. The van der Waals surface area contributed by atoms with Crippen LogP contribution in [0.5, 0.6) is 0 Å². The smallest absolute Gasteiger partial charge is 0.250 e. The number of aromatic nitrogens is 1. The Kier molecular flexibility index (Phi) is 2.63. The van der Waals surface area contributed by atoms with Gasteiger partial charge in [0.15, 0.2) is 0 Å². The highest BCUT2D eigenvalue weighted by Crippen LogP contribution is 2.31. The van der Waals surface area contributed by atoms with Crippen LogP contribution in [0.3, 0.4) is 0 Å². The molecule has 66 valence electrons. The second-order valence-corrected chi connectivity index (χ2v) is 3.24. The predicted molar refractivity (Wildman–Crippen MR) is 41.9 cm³/mol. The lowest BCUT2D eigenvalue weighted by atomic mass is 10.3. The number of halogens is 5. The minimum absolute atomic E-state index is 0.156. The van der Waals surface area contributed by atoms with Gasteiger partial charge in [0.1, 0.15) is 5.69 Å². The summed E-state index contributed by atoms with van der Waals surface area (Å²) in [5, 5.41) is 0.156. The van der Waals surface area contributed by atoms with E-state index in [1.165, 1.54) is 0 Å². The van der Waals surface area contributed by atoms with Gasteiger partial charge < -0.3 is 0 Å². The second kappa shape index (κ2) is 3.22. The summed E-state index contributed by atoms with van der Waals surface area (Å²) in [5.74, 6) is 0. The SMILES string of the molecule is FC(F)(F)c1cc(Br)c(Cl)cn1. The Morgan fingerprint density at radius 1 is 1.42 bits per heavy atom. The molecule has 1 aromatic heterocycles. The maximum absolute atomic E-state index is 12.0. The molecule has 1 nitrogen and oxygen atoms in total. The summed E-state index contributed by atoms with van der Waals surface area (Å²) < 4.78 is 36.1. The molecule has 1 aromatic rings. The highest BCUT2D eigenvalue weighted by Gasteiger charge is 2.32. The Balaban J connectivity index is 3.14. The minimum atomic E-state index is -4.42. The van der Waals surface area contributed by atoms with Crippen LogP contribution in [0.25, 0.3) is 0 Å². The number of alkyl halides is 3. The van der Waals surface area contributed by atoms with Gasteiger partial charge in [0.2, 0.25) is 0 Å². The normalized spacial score (nSPS) is 11.8. The van der Waals surface area contributed by atoms with Crippen LogP contribution in [0.2, 0.25) is 5.02 Å². The van der Waals surface area contributed by atoms with E-state index in [9.17, 15) is 13.2 Å². The van der Waals surface area contributed by atoms with E-state index in [1.54, 1.807) is 0 Å². The van der Waals surface area contributed by atoms with Crippen LogP contribution in [-0.4, -0.2) is 4.98 Å². The van der Waals surface area contributed by atoms with Gasteiger partial charge in [-0.25, -0.2) is 0 Å². The molecular weight excluding hydrogens is 258 g/mol. The van der Waals surface area contributed by atoms with Crippen molar-refractivity contribution in [2.45, 2.75) is 6.18 Å². The maximum Gasteiger partial charge on any atom is 0.433 e. The van der Waals surface area contributed by atoms with Crippen molar-refractivity contribution in [2.24, 2.45) is 0 Å². The first-order valence-corrected chi connectivity index (χ1v) is 3.96. The van der Waals surface area contributed by atoms with Crippen LogP contribution in [-0.2, 0) is 6.18 Å². The Hall–Kier alpha value is -0.290. The fourth-order valence-electron chi connectivity index (χ4n) is 0.569. The average Bonchev–Trinajstić information content (AvgIpc) is 1.92. The molecule has 12 heavy (non-hydrogen) atoms. The zero-order valence-corrected chi connectivity index (χ0v) is 7.83. The van der Waals surface area contributed by atoms with Crippen LogP contribution in [0, 0.1) is 0 Å². The molecule has 0 aliphatic heterocycles. The standard InChI is InChI=1S/C6H2BrClF3N/c7-3-1-5(6(9,10)11)12-2-4(3)8/h1-2H. The van der Waals surface area contributed by atoms with Crippen molar-refractivity contribution in [3.8, 4) is 0 Å². The number of hydrogen-bond donors (Lipinski definition) is 0. The van der Waals surface area contributed by atoms with Gasteiger partial charge in [0.05, 0.1) is 5.02 Å². The van der Waals surface area contributed by atoms with E-state index in [-0.39, 0.29) is 9.50 Å². The molecule has 0 aliphatic carbocycles. The molecule has 0 aromatic carbocycles. The van der Waals surface area contributed by atoms with Crippen molar-refractivity contribution in [3.63, 3.8) is 0 Å². The largest absolute Gasteiger partial charge is 0.433 e. The Bertz CT molecular complexity index is 299. The summed E-state index contributed by atoms with van der Waals surface area (Å²) in [4.78, 5) is 3.12. The third kappa shape index (κ3) is 2.10. The molecule has 0 amide bonds. The molecule has 0 saturated heterocycles. The maximum atomic E-state index is 12.0.